The molecule has 0 atom stereocenters. The minimum atomic E-state index is -3.70. The van der Waals surface area contributed by atoms with Gasteiger partial charge in [-0.3, -0.25) is 9.52 Å². The quantitative estimate of drug-likeness (QED) is 0.554. The monoisotopic (exact) mass is 470 g/mol. The van der Waals surface area contributed by atoms with Crippen molar-refractivity contribution in [3.8, 4) is 0 Å². The molecular weight excluding hydrogens is 444 g/mol. The minimum absolute atomic E-state index is 0.153. The van der Waals surface area contributed by atoms with Gasteiger partial charge in [0.05, 0.1) is 5.56 Å². The van der Waals surface area contributed by atoms with Gasteiger partial charge in [0.2, 0.25) is 0 Å². The van der Waals surface area contributed by atoms with E-state index in [1.165, 1.54) is 0 Å². The molecule has 168 valence electrons. The van der Waals surface area contributed by atoms with Crippen LogP contribution in [0.3, 0.4) is 0 Å². The van der Waals surface area contributed by atoms with E-state index in [1.807, 2.05) is 36.4 Å². The SMILES string of the molecule is CN(Cc1ccccc1)C(=O)c1cc(NS(=O)(=O)c2cccs2)ccc1N1CCNCC1. The Bertz CT molecular complexity index is 1160. The lowest BCUT2D eigenvalue weighted by molar-refractivity contribution is 0.0785. The number of amides is 1. The predicted octanol–water partition coefficient (Wildman–Crippen LogP) is 3.23. The first-order valence-electron chi connectivity index (χ1n) is 10.4. The van der Waals surface area contributed by atoms with Crippen molar-refractivity contribution in [3.05, 3.63) is 77.2 Å². The Balaban J connectivity index is 1.65. The van der Waals surface area contributed by atoms with Crippen LogP contribution in [-0.2, 0) is 16.6 Å². The van der Waals surface area contributed by atoms with Gasteiger partial charge in [0.1, 0.15) is 4.21 Å². The van der Waals surface area contributed by atoms with Crippen molar-refractivity contribution in [3.63, 3.8) is 0 Å². The fourth-order valence-electron chi connectivity index (χ4n) is 3.71. The fraction of sp³-hybridized carbons (Fsp3) is 0.261. The second kappa shape index (κ2) is 9.72. The van der Waals surface area contributed by atoms with E-state index in [0.717, 1.165) is 48.8 Å². The van der Waals surface area contributed by atoms with Gasteiger partial charge in [0, 0.05) is 51.1 Å². The summed E-state index contributed by atoms with van der Waals surface area (Å²) in [7, 11) is -1.94. The Kier molecular flexibility index (Phi) is 6.78. The molecule has 1 aliphatic rings. The maximum atomic E-state index is 13.5. The van der Waals surface area contributed by atoms with Crippen LogP contribution in [0.1, 0.15) is 15.9 Å². The fourth-order valence-corrected chi connectivity index (χ4v) is 5.75. The van der Waals surface area contributed by atoms with Crippen LogP contribution in [0.5, 0.6) is 0 Å². The molecule has 0 bridgehead atoms. The lowest BCUT2D eigenvalue weighted by Gasteiger charge is -2.32. The number of nitrogens with zero attached hydrogens (tertiary/aromatic N) is 2. The first kappa shape index (κ1) is 22.3. The summed E-state index contributed by atoms with van der Waals surface area (Å²) in [6.45, 7) is 3.69. The molecule has 0 aliphatic carbocycles. The van der Waals surface area contributed by atoms with Gasteiger partial charge in [0.15, 0.2) is 0 Å². The number of thiophene rings is 1. The first-order valence-corrected chi connectivity index (χ1v) is 12.8. The van der Waals surface area contributed by atoms with E-state index in [1.54, 1.807) is 41.6 Å². The smallest absolute Gasteiger partial charge is 0.271 e. The highest BCUT2D eigenvalue weighted by molar-refractivity contribution is 7.94. The molecule has 32 heavy (non-hydrogen) atoms. The molecule has 0 radical (unpaired) electrons. The predicted molar refractivity (Wildman–Crippen MR) is 129 cm³/mol. The Labute approximate surface area is 192 Å². The van der Waals surface area contributed by atoms with E-state index in [4.69, 9.17) is 0 Å². The van der Waals surface area contributed by atoms with Crippen LogP contribution in [0.15, 0.2) is 70.3 Å². The molecule has 0 saturated carbocycles. The summed E-state index contributed by atoms with van der Waals surface area (Å²) in [5.74, 6) is -0.153. The molecule has 1 saturated heterocycles. The van der Waals surface area contributed by atoms with Crippen molar-refractivity contribution in [1.82, 2.24) is 10.2 Å². The molecule has 1 amide bonds. The number of rotatable bonds is 7. The van der Waals surface area contributed by atoms with Crippen molar-refractivity contribution in [2.45, 2.75) is 10.8 Å². The Hall–Kier alpha value is -2.88. The molecule has 1 fully saturated rings. The molecule has 1 aliphatic heterocycles. The molecule has 9 heteroatoms. The van der Waals surface area contributed by atoms with Gasteiger partial charge < -0.3 is 15.1 Å². The van der Waals surface area contributed by atoms with Crippen molar-refractivity contribution >= 4 is 38.6 Å². The normalized spacial score (nSPS) is 14.2. The number of anilines is 2. The summed E-state index contributed by atoms with van der Waals surface area (Å²) in [4.78, 5) is 17.3. The number of piperazine rings is 1. The third kappa shape index (κ3) is 5.12. The largest absolute Gasteiger partial charge is 0.368 e. The number of hydrogen-bond acceptors (Lipinski definition) is 6. The van der Waals surface area contributed by atoms with E-state index in [0.29, 0.717) is 17.8 Å². The third-order valence-electron chi connectivity index (χ3n) is 5.31. The Morgan fingerprint density at radius 1 is 1.09 bits per heavy atom. The summed E-state index contributed by atoms with van der Waals surface area (Å²) in [5, 5.41) is 5.04. The number of benzene rings is 2. The number of hydrogen-bond donors (Lipinski definition) is 2. The number of nitrogens with one attached hydrogen (secondary N) is 2. The van der Waals surface area contributed by atoms with Gasteiger partial charge in [0.25, 0.3) is 15.9 Å². The van der Waals surface area contributed by atoms with Crippen molar-refractivity contribution < 1.29 is 13.2 Å². The molecule has 4 rings (SSSR count). The average molecular weight is 471 g/mol. The zero-order valence-corrected chi connectivity index (χ0v) is 19.5. The molecule has 1 aromatic heterocycles. The summed E-state index contributed by atoms with van der Waals surface area (Å²) >= 11 is 1.15. The molecule has 2 aromatic carbocycles. The highest BCUT2D eigenvalue weighted by Crippen LogP contribution is 2.28. The van der Waals surface area contributed by atoms with E-state index >= 15 is 0 Å². The summed E-state index contributed by atoms with van der Waals surface area (Å²) in [5.41, 5.74) is 2.70. The van der Waals surface area contributed by atoms with Gasteiger partial charge in [-0.15, -0.1) is 11.3 Å². The zero-order valence-electron chi connectivity index (χ0n) is 17.8. The van der Waals surface area contributed by atoms with Gasteiger partial charge in [-0.05, 0) is 35.2 Å². The highest BCUT2D eigenvalue weighted by atomic mass is 32.2. The van der Waals surface area contributed by atoms with E-state index in [-0.39, 0.29) is 10.1 Å². The minimum Gasteiger partial charge on any atom is -0.368 e. The van der Waals surface area contributed by atoms with Crippen molar-refractivity contribution in [2.75, 3.05) is 42.8 Å². The maximum absolute atomic E-state index is 13.5. The Morgan fingerprint density at radius 3 is 2.53 bits per heavy atom. The van der Waals surface area contributed by atoms with Crippen LogP contribution in [0.2, 0.25) is 0 Å². The van der Waals surface area contributed by atoms with Crippen LogP contribution in [0.4, 0.5) is 11.4 Å². The van der Waals surface area contributed by atoms with Crippen molar-refractivity contribution in [1.29, 1.82) is 0 Å². The van der Waals surface area contributed by atoms with Gasteiger partial charge >= 0.3 is 0 Å². The number of carbonyl (C=O) groups is 1. The molecule has 0 spiro atoms. The standard InChI is InChI=1S/C23H26N4O3S2/c1-26(17-18-6-3-2-4-7-18)23(28)20-16-19(25-32(29,30)22-8-5-15-31-22)9-10-21(20)27-13-11-24-12-14-27/h2-10,15-16,24-25H,11-14,17H2,1H3. The molecule has 7 nitrogen and oxygen atoms in total. The van der Waals surface area contributed by atoms with Crippen LogP contribution in [-0.4, -0.2) is 52.5 Å². The topological polar surface area (TPSA) is 81.8 Å². The highest BCUT2D eigenvalue weighted by Gasteiger charge is 2.23. The summed E-state index contributed by atoms with van der Waals surface area (Å²) in [6, 6.07) is 18.2. The van der Waals surface area contributed by atoms with Crippen LogP contribution in [0.25, 0.3) is 0 Å². The third-order valence-corrected chi connectivity index (χ3v) is 8.08. The lowest BCUT2D eigenvalue weighted by Crippen LogP contribution is -2.44. The summed E-state index contributed by atoms with van der Waals surface area (Å²) in [6.07, 6.45) is 0. The van der Waals surface area contributed by atoms with E-state index in [2.05, 4.69) is 14.9 Å². The molecular formula is C23H26N4O3S2. The van der Waals surface area contributed by atoms with Crippen LogP contribution in [0, 0.1) is 0 Å². The van der Waals surface area contributed by atoms with Crippen LogP contribution < -0.4 is 14.9 Å². The zero-order chi connectivity index (χ0) is 22.6. The number of carbonyl (C=O) groups excluding carboxylic acids is 1. The summed E-state index contributed by atoms with van der Waals surface area (Å²) < 4.78 is 28.2. The van der Waals surface area contributed by atoms with Gasteiger partial charge in [-0.1, -0.05) is 36.4 Å². The van der Waals surface area contributed by atoms with E-state index < -0.39 is 10.0 Å². The Morgan fingerprint density at radius 2 is 1.84 bits per heavy atom. The number of sulfonamides is 1. The average Bonchev–Trinajstić information content (AvgIpc) is 3.36. The van der Waals surface area contributed by atoms with Crippen LogP contribution >= 0.6 is 11.3 Å². The first-order chi connectivity index (χ1) is 15.4. The molecule has 0 unspecified atom stereocenters. The van der Waals surface area contributed by atoms with Crippen molar-refractivity contribution in [2.24, 2.45) is 0 Å². The maximum Gasteiger partial charge on any atom is 0.271 e. The lowest BCUT2D eigenvalue weighted by atomic mass is 10.1. The van der Waals surface area contributed by atoms with Gasteiger partial charge in [-0.25, -0.2) is 8.42 Å². The molecule has 3 aromatic rings. The molecule has 2 heterocycles. The van der Waals surface area contributed by atoms with Gasteiger partial charge in [-0.2, -0.15) is 0 Å². The second-order valence-electron chi connectivity index (χ2n) is 7.65. The molecule has 2 N–H and O–H groups in total. The van der Waals surface area contributed by atoms with E-state index in [9.17, 15) is 13.2 Å². The second-order valence-corrected chi connectivity index (χ2v) is 10.5.